The second kappa shape index (κ2) is 6.39. The molecule has 0 aliphatic rings. The highest BCUT2D eigenvalue weighted by molar-refractivity contribution is 5.78. The van der Waals surface area contributed by atoms with Gasteiger partial charge in [0, 0.05) is 20.0 Å². The molecule has 118 valence electrons. The summed E-state index contributed by atoms with van der Waals surface area (Å²) in [6.45, 7) is 0.268. The number of aromatic nitrogens is 1. The summed E-state index contributed by atoms with van der Waals surface area (Å²) in [7, 11) is 1.77. The van der Waals surface area contributed by atoms with Crippen LogP contribution in [0.4, 0.5) is 5.69 Å². The van der Waals surface area contributed by atoms with Crippen LogP contribution in [-0.4, -0.2) is 17.5 Å². The normalized spacial score (nSPS) is 10.7. The number of nitrogens with one attached hydrogen (secondary N) is 1. The molecule has 1 heterocycles. The number of carbonyl (C=O) groups is 1. The minimum Gasteiger partial charge on any atom is -0.408 e. The molecular formula is C17H17N3O3. The maximum Gasteiger partial charge on any atom is 0.419 e. The number of rotatable bonds is 5. The van der Waals surface area contributed by atoms with Crippen LogP contribution in [0.2, 0.25) is 0 Å². The Bertz CT molecular complexity index is 867. The highest BCUT2D eigenvalue weighted by Crippen LogP contribution is 2.12. The smallest absolute Gasteiger partial charge is 0.408 e. The fourth-order valence-electron chi connectivity index (χ4n) is 2.40. The van der Waals surface area contributed by atoms with E-state index in [4.69, 9.17) is 4.42 Å². The molecule has 1 N–H and O–H groups in total. The Morgan fingerprint density at radius 1 is 1.13 bits per heavy atom. The lowest BCUT2D eigenvalue weighted by atomic mass is 10.3. The van der Waals surface area contributed by atoms with Gasteiger partial charge in [-0.1, -0.05) is 30.3 Å². The third-order valence-electron chi connectivity index (χ3n) is 3.57. The molecule has 0 radical (unpaired) electrons. The van der Waals surface area contributed by atoms with Crippen LogP contribution in [-0.2, 0) is 11.3 Å². The van der Waals surface area contributed by atoms with Gasteiger partial charge in [-0.3, -0.25) is 19.8 Å². The molecule has 6 heteroatoms. The molecule has 0 bridgehead atoms. The number of para-hydroxylation sites is 3. The van der Waals surface area contributed by atoms with E-state index in [-0.39, 0.29) is 18.9 Å². The van der Waals surface area contributed by atoms with Crippen LogP contribution < -0.4 is 16.2 Å². The second-order valence-corrected chi connectivity index (χ2v) is 5.17. The third kappa shape index (κ3) is 3.26. The SMILES string of the molecule is CN(NC(=O)CCn1c(=O)oc2ccccc21)c1ccccc1. The van der Waals surface area contributed by atoms with Gasteiger partial charge in [0.1, 0.15) is 0 Å². The third-order valence-corrected chi connectivity index (χ3v) is 3.57. The van der Waals surface area contributed by atoms with E-state index >= 15 is 0 Å². The molecule has 0 unspecified atom stereocenters. The van der Waals surface area contributed by atoms with E-state index in [2.05, 4.69) is 5.43 Å². The molecule has 0 spiro atoms. The fraction of sp³-hybridized carbons (Fsp3) is 0.176. The molecule has 3 aromatic rings. The first-order valence-electron chi connectivity index (χ1n) is 7.32. The lowest BCUT2D eigenvalue weighted by Crippen LogP contribution is -2.39. The van der Waals surface area contributed by atoms with Gasteiger partial charge < -0.3 is 4.42 Å². The topological polar surface area (TPSA) is 67.5 Å². The highest BCUT2D eigenvalue weighted by atomic mass is 16.4. The Morgan fingerprint density at radius 3 is 2.61 bits per heavy atom. The number of anilines is 1. The minimum atomic E-state index is -0.449. The van der Waals surface area contributed by atoms with Crippen molar-refractivity contribution in [1.29, 1.82) is 0 Å². The van der Waals surface area contributed by atoms with Crippen LogP contribution in [0.15, 0.2) is 63.8 Å². The first kappa shape index (κ1) is 14.9. The molecule has 0 aliphatic heterocycles. The molecule has 0 saturated carbocycles. The van der Waals surface area contributed by atoms with Gasteiger partial charge in [-0.25, -0.2) is 4.79 Å². The summed E-state index contributed by atoms with van der Waals surface area (Å²) in [4.78, 5) is 23.9. The van der Waals surface area contributed by atoms with Crippen molar-refractivity contribution in [3.05, 3.63) is 65.1 Å². The number of amides is 1. The molecule has 1 amide bonds. The lowest BCUT2D eigenvalue weighted by Gasteiger charge is -2.20. The van der Waals surface area contributed by atoms with E-state index in [0.717, 1.165) is 5.69 Å². The van der Waals surface area contributed by atoms with Crippen molar-refractivity contribution in [2.75, 3.05) is 12.1 Å². The zero-order valence-corrected chi connectivity index (χ0v) is 12.7. The first-order valence-corrected chi connectivity index (χ1v) is 7.32. The van der Waals surface area contributed by atoms with Crippen LogP contribution in [0.1, 0.15) is 6.42 Å². The van der Waals surface area contributed by atoms with Crippen LogP contribution in [0.3, 0.4) is 0 Å². The number of benzene rings is 2. The van der Waals surface area contributed by atoms with Gasteiger partial charge in [-0.15, -0.1) is 0 Å². The highest BCUT2D eigenvalue weighted by Gasteiger charge is 2.11. The van der Waals surface area contributed by atoms with E-state index in [9.17, 15) is 9.59 Å². The van der Waals surface area contributed by atoms with Crippen LogP contribution >= 0.6 is 0 Å². The summed E-state index contributed by atoms with van der Waals surface area (Å²) in [5.74, 6) is -0.621. The van der Waals surface area contributed by atoms with Crippen molar-refractivity contribution in [1.82, 2.24) is 9.99 Å². The quantitative estimate of drug-likeness (QED) is 0.733. The molecule has 6 nitrogen and oxygen atoms in total. The average Bonchev–Trinajstić information content (AvgIpc) is 2.89. The zero-order chi connectivity index (χ0) is 16.2. The molecule has 2 aromatic carbocycles. The number of hydrogen-bond acceptors (Lipinski definition) is 4. The lowest BCUT2D eigenvalue weighted by molar-refractivity contribution is -0.121. The van der Waals surface area contributed by atoms with Crippen molar-refractivity contribution in [2.24, 2.45) is 0 Å². The molecule has 0 saturated heterocycles. The van der Waals surface area contributed by atoms with E-state index in [1.165, 1.54) is 4.57 Å². The number of fused-ring (bicyclic) bond motifs is 1. The molecule has 0 aliphatic carbocycles. The average molecular weight is 311 g/mol. The summed E-state index contributed by atoms with van der Waals surface area (Å²) in [5.41, 5.74) is 4.88. The molecule has 23 heavy (non-hydrogen) atoms. The number of hydrazine groups is 1. The number of aryl methyl sites for hydroxylation is 1. The Hall–Kier alpha value is -3.02. The number of hydrogen-bond donors (Lipinski definition) is 1. The van der Waals surface area contributed by atoms with Crippen molar-refractivity contribution < 1.29 is 9.21 Å². The van der Waals surface area contributed by atoms with Crippen molar-refractivity contribution >= 4 is 22.7 Å². The van der Waals surface area contributed by atoms with Gasteiger partial charge in [0.05, 0.1) is 11.2 Å². The van der Waals surface area contributed by atoms with Gasteiger partial charge in [-0.2, -0.15) is 0 Å². The van der Waals surface area contributed by atoms with Crippen molar-refractivity contribution in [3.8, 4) is 0 Å². The van der Waals surface area contributed by atoms with E-state index in [1.807, 2.05) is 36.4 Å². The molecule has 3 rings (SSSR count). The van der Waals surface area contributed by atoms with Crippen LogP contribution in [0.5, 0.6) is 0 Å². The van der Waals surface area contributed by atoms with Gasteiger partial charge >= 0.3 is 5.76 Å². The monoisotopic (exact) mass is 311 g/mol. The second-order valence-electron chi connectivity index (χ2n) is 5.17. The minimum absolute atomic E-state index is 0.173. The predicted octanol–water partition coefficient (Wildman–Crippen LogP) is 2.15. The maximum absolute atomic E-state index is 12.1. The Kier molecular flexibility index (Phi) is 4.14. The fourth-order valence-corrected chi connectivity index (χ4v) is 2.40. The Morgan fingerprint density at radius 2 is 1.83 bits per heavy atom. The number of nitrogens with zero attached hydrogens (tertiary/aromatic N) is 2. The zero-order valence-electron chi connectivity index (χ0n) is 12.7. The summed E-state index contributed by atoms with van der Waals surface area (Å²) < 4.78 is 6.62. The summed E-state index contributed by atoms with van der Waals surface area (Å²) in [6, 6.07) is 16.7. The predicted molar refractivity (Wildman–Crippen MR) is 88.1 cm³/mol. The molecule has 0 fully saturated rings. The van der Waals surface area contributed by atoms with Gasteiger partial charge in [0.2, 0.25) is 5.91 Å². The van der Waals surface area contributed by atoms with Crippen molar-refractivity contribution in [3.63, 3.8) is 0 Å². The standard InChI is InChI=1S/C17H17N3O3/c1-19(13-7-3-2-4-8-13)18-16(21)11-12-20-14-9-5-6-10-15(14)23-17(20)22/h2-10H,11-12H2,1H3,(H,18,21). The molecule has 0 atom stereocenters. The largest absolute Gasteiger partial charge is 0.419 e. The summed E-state index contributed by atoms with van der Waals surface area (Å²) in [5, 5.41) is 1.65. The maximum atomic E-state index is 12.1. The number of oxazole rings is 1. The van der Waals surface area contributed by atoms with Gasteiger partial charge in [0.15, 0.2) is 5.58 Å². The van der Waals surface area contributed by atoms with Crippen molar-refractivity contribution in [2.45, 2.75) is 13.0 Å². The number of carbonyl (C=O) groups excluding carboxylic acids is 1. The Balaban J connectivity index is 1.65. The van der Waals surface area contributed by atoms with E-state index in [0.29, 0.717) is 11.1 Å². The summed E-state index contributed by atoms with van der Waals surface area (Å²) in [6.07, 6.45) is 0.181. The van der Waals surface area contributed by atoms with Gasteiger partial charge in [0.25, 0.3) is 0 Å². The molecule has 1 aromatic heterocycles. The van der Waals surface area contributed by atoms with E-state index < -0.39 is 5.76 Å². The summed E-state index contributed by atoms with van der Waals surface area (Å²) >= 11 is 0. The van der Waals surface area contributed by atoms with Gasteiger partial charge in [-0.05, 0) is 24.3 Å². The molecular weight excluding hydrogens is 294 g/mol. The first-order chi connectivity index (χ1) is 11.1. The van der Waals surface area contributed by atoms with Crippen LogP contribution in [0, 0.1) is 0 Å². The van der Waals surface area contributed by atoms with Crippen LogP contribution in [0.25, 0.3) is 11.1 Å². The van der Waals surface area contributed by atoms with E-state index in [1.54, 1.807) is 30.3 Å². The Labute approximate surface area is 132 Å².